The Labute approximate surface area is 192 Å². The minimum Gasteiger partial charge on any atom is -0.378 e. The molecule has 1 amide bonds. The van der Waals surface area contributed by atoms with Gasteiger partial charge >= 0.3 is 0 Å². The van der Waals surface area contributed by atoms with E-state index in [0.717, 1.165) is 24.5 Å². The van der Waals surface area contributed by atoms with Crippen LogP contribution in [0.3, 0.4) is 0 Å². The summed E-state index contributed by atoms with van der Waals surface area (Å²) >= 11 is 7.76. The number of morpholine rings is 2. The van der Waals surface area contributed by atoms with Crippen LogP contribution in [-0.2, 0) is 15.2 Å². The molecule has 2 saturated heterocycles. The number of amides is 1. The van der Waals surface area contributed by atoms with Gasteiger partial charge < -0.3 is 19.3 Å². The minimum absolute atomic E-state index is 0.0439. The highest BCUT2D eigenvalue weighted by molar-refractivity contribution is 7.98. The lowest BCUT2D eigenvalue weighted by Gasteiger charge is -2.35. The van der Waals surface area contributed by atoms with Crippen molar-refractivity contribution >= 4 is 35.1 Å². The van der Waals surface area contributed by atoms with Crippen molar-refractivity contribution in [3.05, 3.63) is 46.6 Å². The second-order valence-corrected chi connectivity index (χ2v) is 9.22. The van der Waals surface area contributed by atoms with E-state index in [2.05, 4.69) is 14.9 Å². The number of anilines is 1. The molecule has 0 spiro atoms. The van der Waals surface area contributed by atoms with Gasteiger partial charge in [0.05, 0.1) is 25.4 Å². The second-order valence-electron chi connectivity index (χ2n) is 7.89. The van der Waals surface area contributed by atoms with E-state index in [9.17, 15) is 4.79 Å². The van der Waals surface area contributed by atoms with E-state index in [-0.39, 0.29) is 18.1 Å². The van der Waals surface area contributed by atoms with E-state index in [0.29, 0.717) is 47.9 Å². The van der Waals surface area contributed by atoms with Gasteiger partial charge in [-0.15, -0.1) is 0 Å². The number of benzene rings is 1. The molecule has 9 heteroatoms. The molecular formula is C22H27ClN4O3S. The lowest BCUT2D eigenvalue weighted by Crippen LogP contribution is -2.48. The van der Waals surface area contributed by atoms with E-state index in [4.69, 9.17) is 21.1 Å². The summed E-state index contributed by atoms with van der Waals surface area (Å²) in [5.41, 5.74) is 1.74. The Morgan fingerprint density at radius 1 is 1.16 bits per heavy atom. The summed E-state index contributed by atoms with van der Waals surface area (Å²) in [4.78, 5) is 26.0. The fraction of sp³-hybridized carbons (Fsp3) is 0.500. The number of ether oxygens (including phenoxy) is 2. The van der Waals surface area contributed by atoms with Crippen LogP contribution in [0, 0.1) is 0 Å². The van der Waals surface area contributed by atoms with E-state index >= 15 is 0 Å². The summed E-state index contributed by atoms with van der Waals surface area (Å²) in [6, 6.07) is 9.55. The van der Waals surface area contributed by atoms with E-state index in [1.54, 1.807) is 6.07 Å². The maximum Gasteiger partial charge on any atom is 0.254 e. The zero-order valence-electron chi connectivity index (χ0n) is 17.8. The normalized spacial score (nSPS) is 21.9. The van der Waals surface area contributed by atoms with Crippen molar-refractivity contribution in [2.75, 3.05) is 44.3 Å². The zero-order chi connectivity index (χ0) is 21.8. The second kappa shape index (κ2) is 10.2. The van der Waals surface area contributed by atoms with Crippen LogP contribution in [0.5, 0.6) is 0 Å². The van der Waals surface area contributed by atoms with Crippen LogP contribution in [0.4, 0.5) is 5.82 Å². The third kappa shape index (κ3) is 5.88. The fourth-order valence-electron chi connectivity index (χ4n) is 3.87. The Balaban J connectivity index is 1.42. The van der Waals surface area contributed by atoms with Crippen LogP contribution in [0.25, 0.3) is 0 Å². The first-order valence-corrected chi connectivity index (χ1v) is 11.9. The molecule has 0 bridgehead atoms. The smallest absolute Gasteiger partial charge is 0.254 e. The van der Waals surface area contributed by atoms with Crippen molar-refractivity contribution in [1.29, 1.82) is 0 Å². The van der Waals surface area contributed by atoms with Gasteiger partial charge in [0.2, 0.25) is 0 Å². The highest BCUT2D eigenvalue weighted by atomic mass is 35.5. The average Bonchev–Trinajstić information content (AvgIpc) is 2.77. The summed E-state index contributed by atoms with van der Waals surface area (Å²) in [6.45, 7) is 8.18. The quantitative estimate of drug-likeness (QED) is 0.382. The van der Waals surface area contributed by atoms with E-state index in [1.807, 2.05) is 43.0 Å². The van der Waals surface area contributed by atoms with Crippen LogP contribution < -0.4 is 4.90 Å². The molecule has 31 heavy (non-hydrogen) atoms. The number of nitrogens with zero attached hydrogens (tertiary/aromatic N) is 4. The van der Waals surface area contributed by atoms with Gasteiger partial charge in [0, 0.05) is 43.6 Å². The number of hydrogen-bond donors (Lipinski definition) is 0. The maximum atomic E-state index is 13.0. The number of aromatic nitrogens is 2. The summed E-state index contributed by atoms with van der Waals surface area (Å²) in [5, 5.41) is 1.06. The topological polar surface area (TPSA) is 67.8 Å². The van der Waals surface area contributed by atoms with Crippen molar-refractivity contribution in [2.45, 2.75) is 37.0 Å². The molecule has 0 radical (unpaired) electrons. The summed E-state index contributed by atoms with van der Waals surface area (Å²) in [6.07, 6.45) is 0.0964. The van der Waals surface area contributed by atoms with Crippen LogP contribution in [0.2, 0.25) is 5.15 Å². The van der Waals surface area contributed by atoms with E-state index < -0.39 is 0 Å². The van der Waals surface area contributed by atoms with Gasteiger partial charge in [0.1, 0.15) is 11.0 Å². The SMILES string of the molecule is CC1CN(C(=O)c2cccc(CSc3nc(Cl)cc(N4CCOCC4)n3)c2)CC(C)O1. The molecular weight excluding hydrogens is 436 g/mol. The molecule has 0 saturated carbocycles. The third-order valence-corrected chi connectivity index (χ3v) is 6.36. The van der Waals surface area contributed by atoms with Gasteiger partial charge in [-0.3, -0.25) is 4.79 Å². The predicted octanol–water partition coefficient (Wildman–Crippen LogP) is 3.51. The van der Waals surface area contributed by atoms with Gasteiger partial charge in [-0.25, -0.2) is 9.97 Å². The minimum atomic E-state index is 0.0439. The van der Waals surface area contributed by atoms with Crippen molar-refractivity contribution in [2.24, 2.45) is 0 Å². The van der Waals surface area contributed by atoms with Gasteiger partial charge in [-0.1, -0.05) is 35.5 Å². The maximum absolute atomic E-state index is 13.0. The Kier molecular flexibility index (Phi) is 7.32. The molecule has 2 fully saturated rings. The first-order valence-electron chi connectivity index (χ1n) is 10.5. The molecule has 2 aromatic rings. The standard InChI is InChI=1S/C22H27ClN4O3S/c1-15-12-27(13-16(2)30-15)21(28)18-5-3-4-17(10-18)14-31-22-24-19(23)11-20(25-22)26-6-8-29-9-7-26/h3-5,10-11,15-16H,6-9,12-14H2,1-2H3. The lowest BCUT2D eigenvalue weighted by atomic mass is 10.1. The molecule has 2 aliphatic rings. The number of thioether (sulfide) groups is 1. The van der Waals surface area contributed by atoms with Gasteiger partial charge in [0.15, 0.2) is 5.16 Å². The Morgan fingerprint density at radius 3 is 2.65 bits per heavy atom. The van der Waals surface area contributed by atoms with Crippen molar-refractivity contribution in [1.82, 2.24) is 14.9 Å². The number of carbonyl (C=O) groups is 1. The number of halogens is 1. The van der Waals surface area contributed by atoms with Crippen molar-refractivity contribution < 1.29 is 14.3 Å². The molecule has 7 nitrogen and oxygen atoms in total. The zero-order valence-corrected chi connectivity index (χ0v) is 19.4. The fourth-order valence-corrected chi connectivity index (χ4v) is 4.90. The highest BCUT2D eigenvalue weighted by Crippen LogP contribution is 2.26. The Morgan fingerprint density at radius 2 is 1.90 bits per heavy atom. The molecule has 4 rings (SSSR count). The highest BCUT2D eigenvalue weighted by Gasteiger charge is 2.26. The first-order chi connectivity index (χ1) is 15.0. The molecule has 1 aromatic carbocycles. The van der Waals surface area contributed by atoms with Crippen LogP contribution in [-0.4, -0.2) is 72.4 Å². The largest absolute Gasteiger partial charge is 0.378 e. The van der Waals surface area contributed by atoms with E-state index in [1.165, 1.54) is 11.8 Å². The molecule has 0 aliphatic carbocycles. The third-order valence-electron chi connectivity index (χ3n) is 5.24. The van der Waals surface area contributed by atoms with Gasteiger partial charge in [-0.05, 0) is 31.5 Å². The monoisotopic (exact) mass is 462 g/mol. The molecule has 2 unspecified atom stereocenters. The van der Waals surface area contributed by atoms with Crippen LogP contribution >= 0.6 is 23.4 Å². The molecule has 1 aromatic heterocycles. The summed E-state index contributed by atoms with van der Waals surface area (Å²) < 4.78 is 11.2. The Hall–Kier alpha value is -1.87. The Bertz CT molecular complexity index is 915. The lowest BCUT2D eigenvalue weighted by molar-refractivity contribution is -0.0586. The van der Waals surface area contributed by atoms with Crippen molar-refractivity contribution in [3.8, 4) is 0 Å². The number of hydrogen-bond acceptors (Lipinski definition) is 7. The molecule has 2 atom stereocenters. The molecule has 2 aliphatic heterocycles. The molecule has 3 heterocycles. The number of rotatable bonds is 5. The van der Waals surface area contributed by atoms with Crippen LogP contribution in [0.1, 0.15) is 29.8 Å². The van der Waals surface area contributed by atoms with Crippen molar-refractivity contribution in [3.63, 3.8) is 0 Å². The number of carbonyl (C=O) groups excluding carboxylic acids is 1. The first kappa shape index (κ1) is 22.3. The summed E-state index contributed by atoms with van der Waals surface area (Å²) in [5.74, 6) is 1.52. The predicted molar refractivity (Wildman–Crippen MR) is 122 cm³/mol. The van der Waals surface area contributed by atoms with Gasteiger partial charge in [0.25, 0.3) is 5.91 Å². The molecule has 0 N–H and O–H groups in total. The van der Waals surface area contributed by atoms with Crippen LogP contribution in [0.15, 0.2) is 35.5 Å². The van der Waals surface area contributed by atoms with Gasteiger partial charge in [-0.2, -0.15) is 0 Å². The summed E-state index contributed by atoms with van der Waals surface area (Å²) in [7, 11) is 0. The molecule has 166 valence electrons. The average molecular weight is 463 g/mol.